The number of hydrogen-bond donors (Lipinski definition) is 2. The largest absolute Gasteiger partial charge is 0.335 e. The van der Waals surface area contributed by atoms with Gasteiger partial charge in [-0.05, 0) is 55.7 Å². The third-order valence-electron chi connectivity index (χ3n) is 4.10. The average molecular weight is 353 g/mol. The smallest absolute Gasteiger partial charge is 0.161 e. The molecule has 4 nitrogen and oxygen atoms in total. The van der Waals surface area contributed by atoms with Crippen LogP contribution in [-0.4, -0.2) is 22.7 Å². The molecule has 0 fully saturated rings. The first-order chi connectivity index (χ1) is 12.1. The van der Waals surface area contributed by atoms with Crippen molar-refractivity contribution in [3.63, 3.8) is 0 Å². The monoisotopic (exact) mass is 352 g/mol. The second-order valence-electron chi connectivity index (χ2n) is 6.17. The van der Waals surface area contributed by atoms with Gasteiger partial charge >= 0.3 is 0 Å². The number of hydrogen-bond acceptors (Lipinski definition) is 5. The Kier molecular flexibility index (Phi) is 5.76. The molecule has 0 aliphatic carbocycles. The molecule has 2 N–H and O–H groups in total. The van der Waals surface area contributed by atoms with Gasteiger partial charge in [-0.25, -0.2) is 0 Å². The topological polar surface area (TPSA) is 48.8 Å². The van der Waals surface area contributed by atoms with E-state index in [0.29, 0.717) is 5.25 Å². The lowest BCUT2D eigenvalue weighted by Gasteiger charge is -2.08. The van der Waals surface area contributed by atoms with Crippen molar-refractivity contribution < 1.29 is 0 Å². The first-order valence-electron chi connectivity index (χ1n) is 8.59. The summed E-state index contributed by atoms with van der Waals surface area (Å²) in [5.74, 6) is 0. The van der Waals surface area contributed by atoms with E-state index in [2.05, 4.69) is 71.1 Å². The van der Waals surface area contributed by atoms with Crippen LogP contribution >= 0.6 is 11.8 Å². The van der Waals surface area contributed by atoms with E-state index in [4.69, 9.17) is 0 Å². The molecule has 3 rings (SSSR count). The van der Waals surface area contributed by atoms with Gasteiger partial charge in [0.1, 0.15) is 0 Å². The number of amidine groups is 1. The molecule has 25 heavy (non-hydrogen) atoms. The Bertz CT molecular complexity index is 781. The standard InChI is InChI=1S/C20H24N4S/c1-4-19-13-21-20(25-19)22-17-10-8-16(9-11-17)15(3)23-24-18-7-5-6-14(2)12-18/h5-12,19,24H,4,13H2,1-3H3,(H,21,22)/b23-15-/t19-/m1/s1. The molecule has 1 atom stereocenters. The van der Waals surface area contributed by atoms with Crippen LogP contribution in [0.1, 0.15) is 31.4 Å². The molecule has 0 unspecified atom stereocenters. The fraction of sp³-hybridized carbons (Fsp3) is 0.300. The van der Waals surface area contributed by atoms with Crippen molar-refractivity contribution in [2.75, 3.05) is 17.3 Å². The number of aryl methyl sites for hydroxylation is 1. The first kappa shape index (κ1) is 17.5. The molecule has 1 aliphatic heterocycles. The second-order valence-corrected chi connectivity index (χ2v) is 7.46. The molecule has 5 heteroatoms. The normalized spacial score (nSPS) is 17.3. The van der Waals surface area contributed by atoms with Crippen LogP contribution in [0.2, 0.25) is 0 Å². The van der Waals surface area contributed by atoms with Crippen molar-refractivity contribution in [2.24, 2.45) is 10.1 Å². The number of nitrogens with zero attached hydrogens (tertiary/aromatic N) is 2. The highest BCUT2D eigenvalue weighted by Gasteiger charge is 2.17. The molecule has 0 saturated carbocycles. The quantitative estimate of drug-likeness (QED) is 0.580. The zero-order valence-corrected chi connectivity index (χ0v) is 15.7. The zero-order chi connectivity index (χ0) is 17.6. The van der Waals surface area contributed by atoms with Crippen molar-refractivity contribution in [3.8, 4) is 0 Å². The summed E-state index contributed by atoms with van der Waals surface area (Å²) in [7, 11) is 0. The molecule has 0 bridgehead atoms. The van der Waals surface area contributed by atoms with E-state index in [0.717, 1.165) is 40.8 Å². The van der Waals surface area contributed by atoms with Crippen LogP contribution in [0.4, 0.5) is 11.4 Å². The number of aliphatic imine (C=N–C) groups is 1. The predicted molar refractivity (Wildman–Crippen MR) is 111 cm³/mol. The third kappa shape index (κ3) is 4.86. The lowest BCUT2D eigenvalue weighted by atomic mass is 10.1. The van der Waals surface area contributed by atoms with Gasteiger partial charge in [0.25, 0.3) is 0 Å². The summed E-state index contributed by atoms with van der Waals surface area (Å²) in [4.78, 5) is 4.55. The van der Waals surface area contributed by atoms with Crippen molar-refractivity contribution in [3.05, 3.63) is 59.7 Å². The van der Waals surface area contributed by atoms with E-state index in [1.54, 1.807) is 0 Å². The lowest BCUT2D eigenvalue weighted by Crippen LogP contribution is -2.07. The van der Waals surface area contributed by atoms with Gasteiger partial charge in [-0.1, -0.05) is 43.0 Å². The number of rotatable bonds is 5. The van der Waals surface area contributed by atoms with Gasteiger partial charge in [0.05, 0.1) is 17.9 Å². The maximum atomic E-state index is 4.55. The minimum absolute atomic E-state index is 0.615. The Labute approximate surface area is 153 Å². The van der Waals surface area contributed by atoms with Crippen LogP contribution in [0, 0.1) is 6.92 Å². The molecule has 0 aromatic heterocycles. The lowest BCUT2D eigenvalue weighted by molar-refractivity contribution is 0.843. The first-order valence-corrected chi connectivity index (χ1v) is 9.47. The predicted octanol–water partition coefficient (Wildman–Crippen LogP) is 5.12. The second kappa shape index (κ2) is 8.21. The molecule has 2 aromatic carbocycles. The van der Waals surface area contributed by atoms with Gasteiger partial charge in [0, 0.05) is 10.9 Å². The summed E-state index contributed by atoms with van der Waals surface area (Å²) in [5.41, 5.74) is 8.44. The van der Waals surface area contributed by atoms with Crippen LogP contribution < -0.4 is 10.7 Å². The summed E-state index contributed by atoms with van der Waals surface area (Å²) >= 11 is 1.83. The van der Waals surface area contributed by atoms with E-state index < -0.39 is 0 Å². The molecular weight excluding hydrogens is 328 g/mol. The number of benzene rings is 2. The highest BCUT2D eigenvalue weighted by atomic mass is 32.2. The average Bonchev–Trinajstić information content (AvgIpc) is 3.08. The molecule has 0 spiro atoms. The highest BCUT2D eigenvalue weighted by Crippen LogP contribution is 2.24. The third-order valence-corrected chi connectivity index (χ3v) is 5.37. The van der Waals surface area contributed by atoms with Crippen LogP contribution in [0.3, 0.4) is 0 Å². The molecule has 2 aromatic rings. The Morgan fingerprint density at radius 1 is 1.20 bits per heavy atom. The van der Waals surface area contributed by atoms with Crippen molar-refractivity contribution in [1.29, 1.82) is 0 Å². The van der Waals surface area contributed by atoms with Crippen molar-refractivity contribution >= 4 is 34.0 Å². The van der Waals surface area contributed by atoms with E-state index in [1.807, 2.05) is 30.8 Å². The molecule has 1 heterocycles. The van der Waals surface area contributed by atoms with Crippen LogP contribution in [0.5, 0.6) is 0 Å². The van der Waals surface area contributed by atoms with Gasteiger partial charge < -0.3 is 5.32 Å². The van der Waals surface area contributed by atoms with Crippen LogP contribution in [0.15, 0.2) is 58.6 Å². The number of hydrazone groups is 1. The maximum absolute atomic E-state index is 4.55. The van der Waals surface area contributed by atoms with E-state index in [9.17, 15) is 0 Å². The summed E-state index contributed by atoms with van der Waals surface area (Å²) in [5, 5.41) is 9.51. The van der Waals surface area contributed by atoms with Gasteiger partial charge in [0.15, 0.2) is 5.17 Å². The molecule has 0 amide bonds. The Balaban J connectivity index is 1.60. The molecular formula is C20H24N4S. The summed E-state index contributed by atoms with van der Waals surface area (Å²) in [6.07, 6.45) is 1.15. The molecule has 1 aliphatic rings. The fourth-order valence-electron chi connectivity index (χ4n) is 2.54. The number of nitrogens with one attached hydrogen (secondary N) is 2. The summed E-state index contributed by atoms with van der Waals surface area (Å²) < 4.78 is 0. The van der Waals surface area contributed by atoms with Gasteiger partial charge in [0.2, 0.25) is 0 Å². The van der Waals surface area contributed by atoms with Crippen LogP contribution in [-0.2, 0) is 0 Å². The highest BCUT2D eigenvalue weighted by molar-refractivity contribution is 8.15. The Morgan fingerprint density at radius 3 is 2.68 bits per heavy atom. The zero-order valence-electron chi connectivity index (χ0n) is 14.9. The number of thioether (sulfide) groups is 1. The molecule has 0 saturated heterocycles. The van der Waals surface area contributed by atoms with Gasteiger partial charge in [-0.2, -0.15) is 5.10 Å². The fourth-order valence-corrected chi connectivity index (χ4v) is 3.50. The maximum Gasteiger partial charge on any atom is 0.161 e. The van der Waals surface area contributed by atoms with Crippen molar-refractivity contribution in [1.82, 2.24) is 0 Å². The van der Waals surface area contributed by atoms with E-state index >= 15 is 0 Å². The summed E-state index contributed by atoms with van der Waals surface area (Å²) in [6.45, 7) is 7.20. The van der Waals surface area contributed by atoms with E-state index in [-0.39, 0.29) is 0 Å². The molecule has 130 valence electrons. The minimum Gasteiger partial charge on any atom is -0.335 e. The summed E-state index contributed by atoms with van der Waals surface area (Å²) in [6, 6.07) is 16.5. The van der Waals surface area contributed by atoms with E-state index in [1.165, 1.54) is 5.56 Å². The molecule has 0 radical (unpaired) electrons. The SMILES string of the molecule is CC[C@@H]1CN=C(Nc2ccc(/C(C)=N\Nc3cccc(C)c3)cc2)S1. The van der Waals surface area contributed by atoms with Crippen molar-refractivity contribution in [2.45, 2.75) is 32.4 Å². The Morgan fingerprint density at radius 2 is 2.00 bits per heavy atom. The van der Waals surface area contributed by atoms with Gasteiger partial charge in [-0.3, -0.25) is 10.4 Å². The number of anilines is 2. The minimum atomic E-state index is 0.615. The van der Waals surface area contributed by atoms with Crippen LogP contribution in [0.25, 0.3) is 0 Å². The van der Waals surface area contributed by atoms with Gasteiger partial charge in [-0.15, -0.1) is 0 Å². The Hall–Kier alpha value is -2.27.